The molecule has 6 nitrogen and oxygen atoms in total. The van der Waals surface area contributed by atoms with Crippen LogP contribution in [0.5, 0.6) is 5.75 Å². The number of nitrogens with one attached hydrogen (secondary N) is 2. The van der Waals surface area contributed by atoms with E-state index in [2.05, 4.69) is 46.6 Å². The van der Waals surface area contributed by atoms with Crippen molar-refractivity contribution < 1.29 is 9.53 Å². The van der Waals surface area contributed by atoms with E-state index in [4.69, 9.17) is 4.74 Å². The van der Waals surface area contributed by atoms with Crippen LogP contribution in [0.1, 0.15) is 41.5 Å². The van der Waals surface area contributed by atoms with Gasteiger partial charge in [0.1, 0.15) is 11.4 Å². The van der Waals surface area contributed by atoms with Crippen LogP contribution < -0.4 is 15.4 Å². The summed E-state index contributed by atoms with van der Waals surface area (Å²) in [6.07, 6.45) is 0. The third-order valence-corrected chi connectivity index (χ3v) is 4.27. The second-order valence-electron chi connectivity index (χ2n) is 6.80. The molecule has 0 saturated carbocycles. The van der Waals surface area contributed by atoms with Crippen molar-refractivity contribution in [2.45, 2.75) is 26.7 Å². The highest BCUT2D eigenvalue weighted by Gasteiger charge is 2.11. The highest BCUT2D eigenvalue weighted by Crippen LogP contribution is 2.20. The van der Waals surface area contributed by atoms with E-state index in [-0.39, 0.29) is 5.91 Å². The molecule has 144 valence electrons. The zero-order chi connectivity index (χ0) is 20.1. The molecule has 0 bridgehead atoms. The molecule has 3 aromatic rings. The number of amides is 1. The summed E-state index contributed by atoms with van der Waals surface area (Å²) in [7, 11) is 1.60. The third-order valence-electron chi connectivity index (χ3n) is 4.27. The highest BCUT2D eigenvalue weighted by atomic mass is 16.5. The number of methoxy groups -OCH3 is 1. The van der Waals surface area contributed by atoms with Gasteiger partial charge >= 0.3 is 0 Å². The van der Waals surface area contributed by atoms with E-state index in [9.17, 15) is 4.79 Å². The van der Waals surface area contributed by atoms with Crippen LogP contribution in [0.2, 0.25) is 0 Å². The number of aryl methyl sites for hydroxylation is 1. The zero-order valence-electron chi connectivity index (χ0n) is 16.5. The molecule has 1 heterocycles. The topological polar surface area (TPSA) is 76.1 Å². The predicted molar refractivity (Wildman–Crippen MR) is 112 cm³/mol. The Bertz CT molecular complexity index is 951. The van der Waals surface area contributed by atoms with Gasteiger partial charge in [-0.05, 0) is 60.9 Å². The number of rotatable bonds is 6. The fourth-order valence-electron chi connectivity index (χ4n) is 2.69. The van der Waals surface area contributed by atoms with Gasteiger partial charge < -0.3 is 15.4 Å². The van der Waals surface area contributed by atoms with Gasteiger partial charge in [-0.15, -0.1) is 0 Å². The van der Waals surface area contributed by atoms with Crippen molar-refractivity contribution in [3.63, 3.8) is 0 Å². The van der Waals surface area contributed by atoms with Gasteiger partial charge in [0.05, 0.1) is 7.11 Å². The smallest absolute Gasteiger partial charge is 0.274 e. The summed E-state index contributed by atoms with van der Waals surface area (Å²) in [6.45, 7) is 6.14. The first-order chi connectivity index (χ1) is 13.4. The van der Waals surface area contributed by atoms with Crippen LogP contribution in [0, 0.1) is 6.92 Å². The maximum atomic E-state index is 12.6. The molecule has 2 aromatic carbocycles. The molecule has 0 spiro atoms. The molecular formula is C22H24N4O2. The Hall–Kier alpha value is -3.41. The van der Waals surface area contributed by atoms with Crippen LogP contribution in [-0.4, -0.2) is 23.0 Å². The van der Waals surface area contributed by atoms with Crippen molar-refractivity contribution in [2.24, 2.45) is 0 Å². The molecule has 0 saturated heterocycles. The SMILES string of the molecule is COc1ccc(NC(=O)c2cc(C)nc(Nc3ccc(C(C)C)cc3)n2)cc1. The molecule has 0 radical (unpaired) electrons. The van der Waals surface area contributed by atoms with Gasteiger partial charge in [0.2, 0.25) is 5.95 Å². The standard InChI is InChI=1S/C22H24N4O2/c1-14(2)16-5-7-18(8-6-16)25-22-23-15(3)13-20(26-22)21(27)24-17-9-11-19(28-4)12-10-17/h5-14H,1-4H3,(H,24,27)(H,23,25,26). The number of hydrogen-bond donors (Lipinski definition) is 2. The van der Waals surface area contributed by atoms with E-state index in [1.807, 2.05) is 19.1 Å². The fourth-order valence-corrected chi connectivity index (χ4v) is 2.69. The lowest BCUT2D eigenvalue weighted by Crippen LogP contribution is -2.15. The summed E-state index contributed by atoms with van der Waals surface area (Å²) in [5.74, 6) is 1.29. The Labute approximate surface area is 165 Å². The normalized spacial score (nSPS) is 10.6. The summed E-state index contributed by atoms with van der Waals surface area (Å²) in [5, 5.41) is 6.00. The highest BCUT2D eigenvalue weighted by molar-refractivity contribution is 6.03. The molecule has 2 N–H and O–H groups in total. The van der Waals surface area contributed by atoms with Gasteiger partial charge in [0, 0.05) is 17.1 Å². The summed E-state index contributed by atoms with van der Waals surface area (Å²) in [6, 6.07) is 16.9. The lowest BCUT2D eigenvalue weighted by atomic mass is 10.0. The molecule has 0 atom stereocenters. The van der Waals surface area contributed by atoms with Crippen LogP contribution in [-0.2, 0) is 0 Å². The van der Waals surface area contributed by atoms with Crippen LogP contribution in [0.25, 0.3) is 0 Å². The minimum absolute atomic E-state index is 0.296. The second-order valence-corrected chi connectivity index (χ2v) is 6.80. The summed E-state index contributed by atoms with van der Waals surface area (Å²) in [5.41, 5.74) is 3.80. The van der Waals surface area contributed by atoms with Crippen LogP contribution in [0.4, 0.5) is 17.3 Å². The van der Waals surface area contributed by atoms with E-state index in [0.29, 0.717) is 28.9 Å². The van der Waals surface area contributed by atoms with Crippen molar-refractivity contribution in [3.8, 4) is 5.75 Å². The maximum Gasteiger partial charge on any atom is 0.274 e. The van der Waals surface area contributed by atoms with Crippen LogP contribution in [0.3, 0.4) is 0 Å². The average molecular weight is 376 g/mol. The lowest BCUT2D eigenvalue weighted by molar-refractivity contribution is 0.102. The van der Waals surface area contributed by atoms with Gasteiger partial charge in [-0.1, -0.05) is 26.0 Å². The molecule has 6 heteroatoms. The van der Waals surface area contributed by atoms with Crippen molar-refractivity contribution in [1.29, 1.82) is 0 Å². The molecule has 1 aromatic heterocycles. The first-order valence-electron chi connectivity index (χ1n) is 9.12. The number of anilines is 3. The second kappa shape index (κ2) is 8.52. The molecule has 28 heavy (non-hydrogen) atoms. The number of carbonyl (C=O) groups is 1. The Kier molecular flexibility index (Phi) is 5.89. The molecule has 0 aliphatic carbocycles. The number of benzene rings is 2. The van der Waals surface area contributed by atoms with Gasteiger partial charge in [-0.25, -0.2) is 9.97 Å². The monoisotopic (exact) mass is 376 g/mol. The maximum absolute atomic E-state index is 12.6. The molecule has 0 fully saturated rings. The molecule has 0 unspecified atom stereocenters. The number of nitrogens with zero attached hydrogens (tertiary/aromatic N) is 2. The largest absolute Gasteiger partial charge is 0.497 e. The molecule has 1 amide bonds. The van der Waals surface area contributed by atoms with E-state index in [0.717, 1.165) is 11.4 Å². The Morgan fingerprint density at radius 1 is 0.964 bits per heavy atom. The van der Waals surface area contributed by atoms with Crippen molar-refractivity contribution >= 4 is 23.2 Å². The summed E-state index contributed by atoms with van der Waals surface area (Å²) < 4.78 is 5.13. The Balaban J connectivity index is 1.75. The van der Waals surface area contributed by atoms with Gasteiger partial charge in [0.25, 0.3) is 5.91 Å². The average Bonchev–Trinajstić information content (AvgIpc) is 2.68. The van der Waals surface area contributed by atoms with Crippen LogP contribution in [0.15, 0.2) is 54.6 Å². The van der Waals surface area contributed by atoms with Crippen molar-refractivity contribution in [2.75, 3.05) is 17.7 Å². The van der Waals surface area contributed by atoms with Gasteiger partial charge in [-0.3, -0.25) is 4.79 Å². The molecule has 3 rings (SSSR count). The molecular weight excluding hydrogens is 352 g/mol. The van der Waals surface area contributed by atoms with E-state index >= 15 is 0 Å². The molecule has 0 aliphatic heterocycles. The van der Waals surface area contributed by atoms with E-state index in [1.165, 1.54) is 5.56 Å². The third kappa shape index (κ3) is 4.85. The Morgan fingerprint density at radius 2 is 1.61 bits per heavy atom. The molecule has 0 aliphatic rings. The van der Waals surface area contributed by atoms with Crippen molar-refractivity contribution in [1.82, 2.24) is 9.97 Å². The number of ether oxygens (including phenoxy) is 1. The van der Waals surface area contributed by atoms with Gasteiger partial charge in [-0.2, -0.15) is 0 Å². The predicted octanol–water partition coefficient (Wildman–Crippen LogP) is 4.91. The summed E-state index contributed by atoms with van der Waals surface area (Å²) in [4.78, 5) is 21.3. The van der Waals surface area contributed by atoms with Crippen LogP contribution >= 0.6 is 0 Å². The summed E-state index contributed by atoms with van der Waals surface area (Å²) >= 11 is 0. The first-order valence-corrected chi connectivity index (χ1v) is 9.12. The van der Waals surface area contributed by atoms with Gasteiger partial charge in [0.15, 0.2) is 0 Å². The number of aromatic nitrogens is 2. The Morgan fingerprint density at radius 3 is 2.21 bits per heavy atom. The van der Waals surface area contributed by atoms with Crippen molar-refractivity contribution in [3.05, 3.63) is 71.5 Å². The van der Waals surface area contributed by atoms with E-state index in [1.54, 1.807) is 37.4 Å². The minimum Gasteiger partial charge on any atom is -0.497 e. The number of hydrogen-bond acceptors (Lipinski definition) is 5. The quantitative estimate of drug-likeness (QED) is 0.639. The number of carbonyl (C=O) groups excluding carboxylic acids is 1. The first kappa shape index (κ1) is 19.4. The zero-order valence-corrected chi connectivity index (χ0v) is 16.5. The fraction of sp³-hybridized carbons (Fsp3) is 0.227. The van der Waals surface area contributed by atoms with E-state index < -0.39 is 0 Å². The lowest BCUT2D eigenvalue weighted by Gasteiger charge is -2.10. The minimum atomic E-state index is -0.297.